The first-order valence-corrected chi connectivity index (χ1v) is 9.15. The molecule has 1 aliphatic rings. The van der Waals surface area contributed by atoms with Crippen molar-refractivity contribution in [3.05, 3.63) is 80.5 Å². The monoisotopic (exact) mass is 438 g/mol. The molecule has 0 radical (unpaired) electrons. The van der Waals surface area contributed by atoms with Gasteiger partial charge in [0.25, 0.3) is 17.9 Å². The molecule has 3 aromatic rings. The molecule has 10 heteroatoms. The minimum atomic E-state index is -3.11. The van der Waals surface area contributed by atoms with Crippen molar-refractivity contribution in [3.8, 4) is 0 Å². The standard InChI is InChI=1S/C21H15F5N2O3/c1-28(21(30)9-2-3-13(22)12(4-9)19(25)26)17-8-31-7-16-18(17)10-5-14(23)15(24)6-11(10)20(29)27-16/h2-6,17,19H,7-8H2,1H3,(H,27,29)/t17-/m0/s1. The number of H-pyrrole nitrogens is 1. The van der Waals surface area contributed by atoms with Crippen molar-refractivity contribution in [1.82, 2.24) is 9.88 Å². The van der Waals surface area contributed by atoms with E-state index in [9.17, 15) is 31.5 Å². The Balaban J connectivity index is 1.82. The van der Waals surface area contributed by atoms with Crippen molar-refractivity contribution < 1.29 is 31.5 Å². The van der Waals surface area contributed by atoms with Gasteiger partial charge in [-0.1, -0.05) is 0 Å². The minimum Gasteiger partial charge on any atom is -0.373 e. The lowest BCUT2D eigenvalue weighted by atomic mass is 9.95. The van der Waals surface area contributed by atoms with Gasteiger partial charge < -0.3 is 14.6 Å². The van der Waals surface area contributed by atoms with E-state index >= 15 is 0 Å². The molecule has 2 heterocycles. The molecule has 5 nitrogen and oxygen atoms in total. The summed E-state index contributed by atoms with van der Waals surface area (Å²) in [6.45, 7) is -0.0671. The van der Waals surface area contributed by atoms with Crippen molar-refractivity contribution >= 4 is 16.7 Å². The van der Waals surface area contributed by atoms with Crippen LogP contribution in [0.5, 0.6) is 0 Å². The molecule has 2 aromatic carbocycles. The Kier molecular flexibility index (Phi) is 5.26. The maximum Gasteiger partial charge on any atom is 0.266 e. The van der Waals surface area contributed by atoms with Crippen molar-refractivity contribution in [2.45, 2.75) is 19.1 Å². The Morgan fingerprint density at radius 1 is 1.10 bits per heavy atom. The second-order valence-corrected chi connectivity index (χ2v) is 7.14. The van der Waals surface area contributed by atoms with Crippen LogP contribution in [0.25, 0.3) is 10.8 Å². The van der Waals surface area contributed by atoms with Gasteiger partial charge in [0.15, 0.2) is 11.6 Å². The summed E-state index contributed by atoms with van der Waals surface area (Å²) in [5.41, 5.74) is -1.10. The summed E-state index contributed by atoms with van der Waals surface area (Å²) in [7, 11) is 1.37. The predicted molar refractivity (Wildman–Crippen MR) is 100 cm³/mol. The molecule has 162 valence electrons. The zero-order valence-electron chi connectivity index (χ0n) is 16.0. The number of aromatic nitrogens is 1. The third-order valence-corrected chi connectivity index (χ3v) is 5.31. The first kappa shape index (κ1) is 21.0. The SMILES string of the molecule is CN(C(=O)c1ccc(F)c(C(F)F)c1)[C@H]1COCc2[nH]c(=O)c3cc(F)c(F)cc3c21. The van der Waals surface area contributed by atoms with Crippen LogP contribution in [0.3, 0.4) is 0 Å². The summed E-state index contributed by atoms with van der Waals surface area (Å²) in [5, 5.41) is 0.00476. The van der Waals surface area contributed by atoms with Crippen molar-refractivity contribution in [3.63, 3.8) is 0 Å². The van der Waals surface area contributed by atoms with Gasteiger partial charge in [0.05, 0.1) is 30.2 Å². The Morgan fingerprint density at radius 2 is 1.77 bits per heavy atom. The highest BCUT2D eigenvalue weighted by atomic mass is 19.3. The highest BCUT2D eigenvalue weighted by Gasteiger charge is 2.32. The van der Waals surface area contributed by atoms with Gasteiger partial charge in [0.1, 0.15) is 5.82 Å². The minimum absolute atomic E-state index is 0.0237. The zero-order valence-corrected chi connectivity index (χ0v) is 16.0. The van der Waals surface area contributed by atoms with Crippen molar-refractivity contribution in [2.24, 2.45) is 0 Å². The van der Waals surface area contributed by atoms with Crippen molar-refractivity contribution in [2.75, 3.05) is 13.7 Å². The number of pyridine rings is 1. The Labute approximate surface area is 172 Å². The van der Waals surface area contributed by atoms with Crippen LogP contribution in [0.15, 0.2) is 35.1 Å². The third kappa shape index (κ3) is 3.56. The molecule has 0 aliphatic carbocycles. The molecule has 0 unspecified atom stereocenters. The van der Waals surface area contributed by atoms with Gasteiger partial charge in [-0.3, -0.25) is 9.59 Å². The molecule has 31 heavy (non-hydrogen) atoms. The van der Waals surface area contributed by atoms with E-state index in [0.29, 0.717) is 5.56 Å². The fourth-order valence-corrected chi connectivity index (χ4v) is 3.74. The quantitative estimate of drug-likeness (QED) is 0.623. The molecule has 0 bridgehead atoms. The lowest BCUT2D eigenvalue weighted by molar-refractivity contribution is 0.0335. The highest BCUT2D eigenvalue weighted by Crippen LogP contribution is 2.34. The lowest BCUT2D eigenvalue weighted by Crippen LogP contribution is -2.37. The van der Waals surface area contributed by atoms with E-state index < -0.39 is 46.9 Å². The molecule has 1 aliphatic heterocycles. The number of likely N-dealkylation sites (N-methyl/N-ethyl adjacent to an activating group) is 1. The van der Waals surface area contributed by atoms with Gasteiger partial charge in [-0.2, -0.15) is 0 Å². The number of benzene rings is 2. The number of rotatable bonds is 3. The Morgan fingerprint density at radius 3 is 2.45 bits per heavy atom. The lowest BCUT2D eigenvalue weighted by Gasteiger charge is -2.34. The van der Waals surface area contributed by atoms with E-state index in [0.717, 1.165) is 30.3 Å². The third-order valence-electron chi connectivity index (χ3n) is 5.31. The summed E-state index contributed by atoms with van der Waals surface area (Å²) in [6, 6.07) is 3.42. The fraction of sp³-hybridized carbons (Fsp3) is 0.238. The van der Waals surface area contributed by atoms with Crippen LogP contribution in [-0.4, -0.2) is 29.4 Å². The molecule has 4 rings (SSSR count). The summed E-state index contributed by atoms with van der Waals surface area (Å²) >= 11 is 0. The smallest absolute Gasteiger partial charge is 0.266 e. The van der Waals surface area contributed by atoms with Gasteiger partial charge in [-0.15, -0.1) is 0 Å². The average molecular weight is 438 g/mol. The molecular weight excluding hydrogens is 423 g/mol. The summed E-state index contributed by atoms with van der Waals surface area (Å²) in [6.07, 6.45) is -3.11. The van der Waals surface area contributed by atoms with Gasteiger partial charge in [0.2, 0.25) is 0 Å². The van der Waals surface area contributed by atoms with Crippen LogP contribution in [0, 0.1) is 17.5 Å². The normalized spacial score (nSPS) is 15.9. The summed E-state index contributed by atoms with van der Waals surface area (Å²) in [4.78, 5) is 29.0. The van der Waals surface area contributed by atoms with E-state index in [1.807, 2.05) is 0 Å². The molecule has 0 spiro atoms. The second-order valence-electron chi connectivity index (χ2n) is 7.14. The number of hydrogen-bond acceptors (Lipinski definition) is 3. The number of halogens is 5. The van der Waals surface area contributed by atoms with E-state index in [1.165, 1.54) is 11.9 Å². The largest absolute Gasteiger partial charge is 0.373 e. The number of aromatic amines is 1. The van der Waals surface area contributed by atoms with Crippen LogP contribution in [0.1, 0.15) is 39.6 Å². The van der Waals surface area contributed by atoms with Gasteiger partial charge in [0, 0.05) is 23.9 Å². The summed E-state index contributed by atoms with van der Waals surface area (Å²) < 4.78 is 72.7. The van der Waals surface area contributed by atoms with E-state index in [2.05, 4.69) is 4.98 Å². The Hall–Kier alpha value is -3.27. The molecule has 0 saturated carbocycles. The van der Waals surface area contributed by atoms with E-state index in [1.54, 1.807) is 0 Å². The number of nitrogens with zero attached hydrogens (tertiary/aromatic N) is 1. The number of alkyl halides is 2. The van der Waals surface area contributed by atoms with Gasteiger partial charge >= 0.3 is 0 Å². The van der Waals surface area contributed by atoms with Crippen LogP contribution in [-0.2, 0) is 11.3 Å². The number of ether oxygens (including phenoxy) is 1. The van der Waals surface area contributed by atoms with Crippen LogP contribution in [0.2, 0.25) is 0 Å². The first-order valence-electron chi connectivity index (χ1n) is 9.15. The average Bonchev–Trinajstić information content (AvgIpc) is 2.74. The maximum absolute atomic E-state index is 14.0. The number of amides is 1. The number of fused-ring (bicyclic) bond motifs is 3. The Bertz CT molecular complexity index is 1260. The van der Waals surface area contributed by atoms with E-state index in [-0.39, 0.29) is 35.2 Å². The van der Waals surface area contributed by atoms with Gasteiger partial charge in [-0.05, 0) is 35.7 Å². The van der Waals surface area contributed by atoms with Crippen LogP contribution < -0.4 is 5.56 Å². The zero-order chi connectivity index (χ0) is 22.4. The molecule has 0 fully saturated rings. The highest BCUT2D eigenvalue weighted by molar-refractivity contribution is 5.95. The van der Waals surface area contributed by atoms with E-state index in [4.69, 9.17) is 4.74 Å². The summed E-state index contributed by atoms with van der Waals surface area (Å²) in [5.74, 6) is -4.22. The van der Waals surface area contributed by atoms with Crippen LogP contribution >= 0.6 is 0 Å². The number of carbonyl (C=O) groups is 1. The topological polar surface area (TPSA) is 62.4 Å². The molecule has 1 N–H and O–H groups in total. The van der Waals surface area contributed by atoms with Gasteiger partial charge in [-0.25, -0.2) is 22.0 Å². The molecule has 1 amide bonds. The first-order chi connectivity index (χ1) is 14.7. The number of carbonyl (C=O) groups excluding carboxylic acids is 1. The number of nitrogens with one attached hydrogen (secondary N) is 1. The molecule has 0 saturated heterocycles. The molecular formula is C21H15F5N2O3. The predicted octanol–water partition coefficient (Wildman–Crippen LogP) is 4.23. The number of hydrogen-bond donors (Lipinski definition) is 1. The fourth-order valence-electron chi connectivity index (χ4n) is 3.74. The molecule has 1 aromatic heterocycles. The maximum atomic E-state index is 14.0. The molecule has 1 atom stereocenters. The van der Waals surface area contributed by atoms with Crippen molar-refractivity contribution in [1.29, 1.82) is 0 Å². The van der Waals surface area contributed by atoms with Crippen LogP contribution in [0.4, 0.5) is 22.0 Å². The second kappa shape index (κ2) is 7.77.